The fourth-order valence-corrected chi connectivity index (χ4v) is 2.81. The Kier molecular flexibility index (Phi) is 7.07. The number of benzene rings is 1. The van der Waals surface area contributed by atoms with Gasteiger partial charge in [0.2, 0.25) is 17.6 Å². The minimum absolute atomic E-state index is 0.133. The molecule has 0 radical (unpaired) electrons. The highest BCUT2D eigenvalue weighted by Crippen LogP contribution is 2.15. The Bertz CT molecular complexity index is 891. The normalized spacial score (nSPS) is 11.0. The Morgan fingerprint density at radius 2 is 1.93 bits per heavy atom. The molecule has 0 aliphatic heterocycles. The van der Waals surface area contributed by atoms with Crippen molar-refractivity contribution in [2.75, 3.05) is 13.1 Å². The quantitative estimate of drug-likeness (QED) is 0.564. The highest BCUT2D eigenvalue weighted by Gasteiger charge is 2.12. The molecule has 3 aromatic rings. The maximum absolute atomic E-state index is 12.5. The average molecular weight is 376 g/mol. The van der Waals surface area contributed by atoms with Crippen molar-refractivity contribution >= 4 is 12.0 Å². The molecule has 3 rings (SSSR count). The first-order chi connectivity index (χ1) is 13.8. The molecule has 0 saturated heterocycles. The van der Waals surface area contributed by atoms with Gasteiger partial charge in [0.25, 0.3) is 0 Å². The molecule has 1 amide bonds. The lowest BCUT2D eigenvalue weighted by Crippen LogP contribution is -2.30. The van der Waals surface area contributed by atoms with E-state index in [1.807, 2.05) is 66.4 Å². The van der Waals surface area contributed by atoms with Crippen LogP contribution in [0.1, 0.15) is 31.2 Å². The van der Waals surface area contributed by atoms with Crippen LogP contribution in [0.5, 0.6) is 0 Å². The molecule has 0 fully saturated rings. The van der Waals surface area contributed by atoms with Gasteiger partial charge < -0.3 is 9.42 Å². The molecule has 0 spiro atoms. The number of carbonyl (C=O) groups excluding carboxylic acids is 1. The van der Waals surface area contributed by atoms with Crippen LogP contribution in [0.3, 0.4) is 0 Å². The predicted molar refractivity (Wildman–Crippen MR) is 108 cm³/mol. The minimum Gasteiger partial charge on any atom is -0.339 e. The van der Waals surface area contributed by atoms with Crippen LogP contribution in [0, 0.1) is 0 Å². The molecular weight excluding hydrogens is 352 g/mol. The van der Waals surface area contributed by atoms with Crippen molar-refractivity contribution in [1.82, 2.24) is 20.0 Å². The number of amides is 1. The Hall–Kier alpha value is -3.28. The van der Waals surface area contributed by atoms with E-state index < -0.39 is 0 Å². The van der Waals surface area contributed by atoms with Gasteiger partial charge >= 0.3 is 0 Å². The fraction of sp³-hybridized carbons (Fsp3) is 0.273. The lowest BCUT2D eigenvalue weighted by atomic mass is 10.2. The van der Waals surface area contributed by atoms with Gasteiger partial charge in [-0.15, -0.1) is 0 Å². The predicted octanol–water partition coefficient (Wildman–Crippen LogP) is 4.02. The van der Waals surface area contributed by atoms with E-state index in [-0.39, 0.29) is 5.91 Å². The third kappa shape index (κ3) is 5.61. The van der Waals surface area contributed by atoms with E-state index in [1.165, 1.54) is 0 Å². The summed E-state index contributed by atoms with van der Waals surface area (Å²) in [5, 5.41) is 3.99. The molecule has 0 saturated carbocycles. The molecule has 0 aliphatic rings. The second kappa shape index (κ2) is 10.2. The summed E-state index contributed by atoms with van der Waals surface area (Å²) >= 11 is 0. The first kappa shape index (κ1) is 19.5. The molecule has 1 aromatic carbocycles. The fourth-order valence-electron chi connectivity index (χ4n) is 2.81. The molecule has 28 heavy (non-hydrogen) atoms. The Balaban J connectivity index is 1.45. The van der Waals surface area contributed by atoms with Gasteiger partial charge in [-0.3, -0.25) is 9.78 Å². The number of likely N-dealkylation sites (N-methyl/N-ethyl adjacent to an activating group) is 1. The highest BCUT2D eigenvalue weighted by atomic mass is 16.5. The van der Waals surface area contributed by atoms with Gasteiger partial charge in [-0.05, 0) is 31.0 Å². The van der Waals surface area contributed by atoms with E-state index in [0.717, 1.165) is 11.1 Å². The minimum atomic E-state index is 0.133. The van der Waals surface area contributed by atoms with Crippen molar-refractivity contribution in [2.24, 2.45) is 0 Å². The van der Waals surface area contributed by atoms with E-state index in [4.69, 9.17) is 4.52 Å². The number of carbonyl (C=O) groups is 1. The van der Waals surface area contributed by atoms with Gasteiger partial charge in [-0.25, -0.2) is 0 Å². The summed E-state index contributed by atoms with van der Waals surface area (Å²) in [5.74, 6) is 1.23. The number of aromatic nitrogens is 3. The lowest BCUT2D eigenvalue weighted by molar-refractivity contribution is -0.130. The van der Waals surface area contributed by atoms with Crippen molar-refractivity contribution < 1.29 is 9.32 Å². The molecule has 0 unspecified atom stereocenters. The van der Waals surface area contributed by atoms with E-state index >= 15 is 0 Å². The first-order valence-corrected chi connectivity index (χ1v) is 9.48. The third-order valence-corrected chi connectivity index (χ3v) is 4.36. The van der Waals surface area contributed by atoms with Crippen molar-refractivity contribution in [1.29, 1.82) is 0 Å². The molecule has 6 heteroatoms. The van der Waals surface area contributed by atoms with Gasteiger partial charge in [0.15, 0.2) is 0 Å². The number of nitrogens with zero attached hydrogens (tertiary/aromatic N) is 4. The summed E-state index contributed by atoms with van der Waals surface area (Å²) in [6.07, 6.45) is 9.16. The van der Waals surface area contributed by atoms with Gasteiger partial charge in [0.05, 0.1) is 0 Å². The molecular formula is C22H24N4O2. The summed E-state index contributed by atoms with van der Waals surface area (Å²) in [7, 11) is 0. The van der Waals surface area contributed by atoms with Crippen LogP contribution in [0.25, 0.3) is 17.5 Å². The third-order valence-electron chi connectivity index (χ3n) is 4.36. The van der Waals surface area contributed by atoms with Crippen molar-refractivity contribution in [2.45, 2.75) is 26.2 Å². The van der Waals surface area contributed by atoms with Crippen molar-refractivity contribution in [3.05, 3.63) is 72.4 Å². The molecule has 2 heterocycles. The summed E-state index contributed by atoms with van der Waals surface area (Å²) in [4.78, 5) is 22.7. The molecule has 0 bridgehead atoms. The number of hydrogen-bond donors (Lipinski definition) is 0. The van der Waals surface area contributed by atoms with Crippen LogP contribution in [0.2, 0.25) is 0 Å². The summed E-state index contributed by atoms with van der Waals surface area (Å²) in [5.41, 5.74) is 2.00. The van der Waals surface area contributed by atoms with Crippen molar-refractivity contribution in [3.63, 3.8) is 0 Å². The molecule has 0 atom stereocenters. The van der Waals surface area contributed by atoms with Crippen molar-refractivity contribution in [3.8, 4) is 11.4 Å². The zero-order valence-electron chi connectivity index (χ0n) is 16.0. The van der Waals surface area contributed by atoms with Crippen LogP contribution in [-0.4, -0.2) is 39.0 Å². The Labute approximate surface area is 164 Å². The van der Waals surface area contributed by atoms with Gasteiger partial charge in [-0.1, -0.05) is 47.6 Å². The summed E-state index contributed by atoms with van der Waals surface area (Å²) in [6.45, 7) is 3.29. The van der Waals surface area contributed by atoms with E-state index in [2.05, 4.69) is 15.1 Å². The number of aryl methyl sites for hydroxylation is 1. The van der Waals surface area contributed by atoms with Gasteiger partial charge in [-0.2, -0.15) is 4.98 Å². The maximum Gasteiger partial charge on any atom is 0.226 e. The van der Waals surface area contributed by atoms with E-state index in [9.17, 15) is 4.79 Å². The molecule has 2 aromatic heterocycles. The average Bonchev–Trinajstić information content (AvgIpc) is 3.21. The van der Waals surface area contributed by atoms with Crippen LogP contribution in [0.15, 0.2) is 65.5 Å². The standard InChI is InChI=1S/C22H24N4O2/c1-2-26(17-7-10-18-8-4-3-5-9-18)21(27)12-6-11-20-24-22(25-28-20)19-13-15-23-16-14-19/h3-5,7-10,13-16H,2,6,11-12,17H2,1H3/b10-7+. The number of pyridine rings is 1. The smallest absolute Gasteiger partial charge is 0.226 e. The highest BCUT2D eigenvalue weighted by molar-refractivity contribution is 5.76. The van der Waals surface area contributed by atoms with E-state index in [1.54, 1.807) is 12.4 Å². The van der Waals surface area contributed by atoms with Gasteiger partial charge in [0.1, 0.15) is 0 Å². The van der Waals surface area contributed by atoms with Crippen LogP contribution < -0.4 is 0 Å². The molecule has 0 N–H and O–H groups in total. The summed E-state index contributed by atoms with van der Waals surface area (Å²) in [6, 6.07) is 13.7. The topological polar surface area (TPSA) is 72.1 Å². The zero-order chi connectivity index (χ0) is 19.6. The molecule has 6 nitrogen and oxygen atoms in total. The van der Waals surface area contributed by atoms with Gasteiger partial charge in [0, 0.05) is 43.9 Å². The largest absolute Gasteiger partial charge is 0.339 e. The molecule has 0 aliphatic carbocycles. The van der Waals surface area contributed by atoms with Crippen LogP contribution in [-0.2, 0) is 11.2 Å². The maximum atomic E-state index is 12.5. The SMILES string of the molecule is CCN(C/C=C/c1ccccc1)C(=O)CCCc1nc(-c2ccncc2)no1. The Morgan fingerprint density at radius 3 is 2.68 bits per heavy atom. The number of hydrogen-bond acceptors (Lipinski definition) is 5. The van der Waals surface area contributed by atoms with Crippen LogP contribution in [0.4, 0.5) is 0 Å². The number of rotatable bonds is 9. The second-order valence-electron chi connectivity index (χ2n) is 6.35. The summed E-state index contributed by atoms with van der Waals surface area (Å²) < 4.78 is 5.28. The second-order valence-corrected chi connectivity index (χ2v) is 6.35. The first-order valence-electron chi connectivity index (χ1n) is 9.48. The van der Waals surface area contributed by atoms with E-state index in [0.29, 0.717) is 44.1 Å². The Morgan fingerprint density at radius 1 is 1.14 bits per heavy atom. The molecule has 144 valence electrons. The van der Waals surface area contributed by atoms with Crippen LogP contribution >= 0.6 is 0 Å². The monoisotopic (exact) mass is 376 g/mol. The zero-order valence-corrected chi connectivity index (χ0v) is 16.0. The lowest BCUT2D eigenvalue weighted by Gasteiger charge is -2.18.